The van der Waals surface area contributed by atoms with Crippen molar-refractivity contribution in [3.05, 3.63) is 99.6 Å². The number of ether oxygens (including phenoxy) is 2. The molecular formula is C28H22BrN3O3S. The highest BCUT2D eigenvalue weighted by molar-refractivity contribution is 9.11. The lowest BCUT2D eigenvalue weighted by atomic mass is 10.1. The SMILES string of the molecule is CCc1cc(OCc2cccc(OCc3ccccc3)c2)c2cc(-c3cn4nc(Br)sc4n3)oc2c1. The summed E-state index contributed by atoms with van der Waals surface area (Å²) in [6.45, 7) is 3.07. The van der Waals surface area contributed by atoms with Crippen molar-refractivity contribution in [2.75, 3.05) is 0 Å². The summed E-state index contributed by atoms with van der Waals surface area (Å²) < 4.78 is 21.0. The van der Waals surface area contributed by atoms with Crippen molar-refractivity contribution in [2.45, 2.75) is 26.6 Å². The average Bonchev–Trinajstić information content (AvgIpc) is 3.59. The fourth-order valence-electron chi connectivity index (χ4n) is 4.03. The summed E-state index contributed by atoms with van der Waals surface area (Å²) in [6.07, 6.45) is 2.75. The third kappa shape index (κ3) is 4.74. The highest BCUT2D eigenvalue weighted by atomic mass is 79.9. The predicted molar refractivity (Wildman–Crippen MR) is 145 cm³/mol. The summed E-state index contributed by atoms with van der Waals surface area (Å²) in [5, 5.41) is 5.29. The molecule has 0 radical (unpaired) electrons. The highest BCUT2D eigenvalue weighted by Gasteiger charge is 2.16. The number of benzene rings is 3. The van der Waals surface area contributed by atoms with E-state index >= 15 is 0 Å². The van der Waals surface area contributed by atoms with Gasteiger partial charge in [0, 0.05) is 0 Å². The van der Waals surface area contributed by atoms with Crippen LogP contribution in [-0.4, -0.2) is 14.6 Å². The molecule has 6 rings (SSSR count). The third-order valence-electron chi connectivity index (χ3n) is 5.88. The molecule has 0 N–H and O–H groups in total. The Kier molecular flexibility index (Phi) is 6.21. The summed E-state index contributed by atoms with van der Waals surface area (Å²) in [6, 6.07) is 24.3. The maximum atomic E-state index is 6.32. The molecule has 6 nitrogen and oxygen atoms in total. The lowest BCUT2D eigenvalue weighted by molar-refractivity contribution is 0.297. The molecule has 0 amide bonds. The smallest absolute Gasteiger partial charge is 0.213 e. The predicted octanol–water partition coefficient (Wildman–Crippen LogP) is 7.69. The van der Waals surface area contributed by atoms with Crippen molar-refractivity contribution in [2.24, 2.45) is 0 Å². The first kappa shape index (κ1) is 22.8. The molecule has 0 unspecified atom stereocenters. The molecule has 0 aliphatic carbocycles. The van der Waals surface area contributed by atoms with Crippen molar-refractivity contribution < 1.29 is 13.9 Å². The van der Waals surface area contributed by atoms with E-state index in [0.717, 1.165) is 60.2 Å². The Morgan fingerprint density at radius 1 is 0.917 bits per heavy atom. The van der Waals surface area contributed by atoms with Crippen LogP contribution in [0.25, 0.3) is 27.4 Å². The molecule has 0 saturated heterocycles. The molecular weight excluding hydrogens is 538 g/mol. The second-order valence-electron chi connectivity index (χ2n) is 8.39. The van der Waals surface area contributed by atoms with Crippen LogP contribution in [0, 0.1) is 0 Å². The molecule has 3 aromatic carbocycles. The Balaban J connectivity index is 1.23. The van der Waals surface area contributed by atoms with Gasteiger partial charge in [-0.3, -0.25) is 0 Å². The van der Waals surface area contributed by atoms with E-state index in [1.165, 1.54) is 11.3 Å². The van der Waals surface area contributed by atoms with E-state index in [0.29, 0.717) is 19.0 Å². The molecule has 3 heterocycles. The van der Waals surface area contributed by atoms with E-state index in [1.807, 2.05) is 54.7 Å². The number of rotatable bonds is 8. The summed E-state index contributed by atoms with van der Waals surface area (Å²) in [4.78, 5) is 5.46. The molecule has 0 aliphatic rings. The van der Waals surface area contributed by atoms with Crippen LogP contribution in [0.1, 0.15) is 23.6 Å². The topological polar surface area (TPSA) is 61.8 Å². The van der Waals surface area contributed by atoms with E-state index in [1.54, 1.807) is 4.52 Å². The summed E-state index contributed by atoms with van der Waals surface area (Å²) >= 11 is 4.87. The summed E-state index contributed by atoms with van der Waals surface area (Å²) in [5.74, 6) is 2.29. The number of halogens is 1. The molecule has 0 fully saturated rings. The number of aryl methyl sites for hydroxylation is 1. The molecule has 8 heteroatoms. The van der Waals surface area contributed by atoms with Gasteiger partial charge in [-0.1, -0.05) is 60.7 Å². The van der Waals surface area contributed by atoms with Gasteiger partial charge >= 0.3 is 0 Å². The monoisotopic (exact) mass is 559 g/mol. The van der Waals surface area contributed by atoms with Gasteiger partial charge in [-0.15, -0.1) is 5.10 Å². The van der Waals surface area contributed by atoms with Crippen molar-refractivity contribution in [1.29, 1.82) is 0 Å². The van der Waals surface area contributed by atoms with Gasteiger partial charge in [0.1, 0.15) is 36.0 Å². The van der Waals surface area contributed by atoms with Crippen LogP contribution in [0.4, 0.5) is 0 Å². The molecule has 0 atom stereocenters. The Hall–Kier alpha value is -3.62. The van der Waals surface area contributed by atoms with Crippen molar-refractivity contribution >= 4 is 43.2 Å². The average molecular weight is 560 g/mol. The quantitative estimate of drug-likeness (QED) is 0.191. The van der Waals surface area contributed by atoms with Gasteiger partial charge in [0.25, 0.3) is 0 Å². The molecule has 36 heavy (non-hydrogen) atoms. The van der Waals surface area contributed by atoms with Gasteiger partial charge in [-0.25, -0.2) is 9.50 Å². The van der Waals surface area contributed by atoms with Gasteiger partial charge in [0.15, 0.2) is 9.68 Å². The normalized spacial score (nSPS) is 11.4. The zero-order chi connectivity index (χ0) is 24.5. The van der Waals surface area contributed by atoms with Crippen LogP contribution in [0.15, 0.2) is 87.3 Å². The van der Waals surface area contributed by atoms with Gasteiger partial charge in [-0.2, -0.15) is 0 Å². The molecule has 3 aromatic heterocycles. The molecule has 0 saturated carbocycles. The van der Waals surface area contributed by atoms with E-state index in [2.05, 4.69) is 57.2 Å². The van der Waals surface area contributed by atoms with Crippen molar-refractivity contribution in [3.8, 4) is 23.0 Å². The van der Waals surface area contributed by atoms with E-state index in [9.17, 15) is 0 Å². The van der Waals surface area contributed by atoms with Crippen LogP contribution in [0.3, 0.4) is 0 Å². The van der Waals surface area contributed by atoms with E-state index < -0.39 is 0 Å². The number of aromatic nitrogens is 3. The Morgan fingerprint density at radius 3 is 2.58 bits per heavy atom. The number of hydrogen-bond donors (Lipinski definition) is 0. The summed E-state index contributed by atoms with van der Waals surface area (Å²) in [7, 11) is 0. The lowest BCUT2D eigenvalue weighted by Gasteiger charge is -2.11. The second kappa shape index (κ2) is 9.79. The third-order valence-corrected chi connectivity index (χ3v) is 7.23. The van der Waals surface area contributed by atoms with E-state index in [4.69, 9.17) is 13.9 Å². The van der Waals surface area contributed by atoms with Gasteiger partial charge < -0.3 is 13.9 Å². The van der Waals surface area contributed by atoms with Gasteiger partial charge in [0.05, 0.1) is 11.6 Å². The van der Waals surface area contributed by atoms with Crippen LogP contribution in [-0.2, 0) is 19.6 Å². The molecule has 0 bridgehead atoms. The Labute approximate surface area is 220 Å². The standard InChI is InChI=1S/C28H22BrN3O3S/c1-2-18-12-24(34-17-20-9-6-10-21(11-20)33-16-19-7-4-3-5-8-19)22-14-26(35-25(22)13-18)23-15-32-28(30-23)36-27(29)31-32/h3-15H,2,16-17H2,1H3. The minimum atomic E-state index is 0.420. The Bertz CT molecular complexity index is 1620. The first-order valence-corrected chi connectivity index (χ1v) is 13.2. The second-order valence-corrected chi connectivity index (χ2v) is 10.6. The Morgan fingerprint density at radius 2 is 1.75 bits per heavy atom. The van der Waals surface area contributed by atoms with E-state index in [-0.39, 0.29) is 0 Å². The molecule has 0 spiro atoms. The largest absolute Gasteiger partial charge is 0.489 e. The first-order chi connectivity index (χ1) is 17.6. The number of fused-ring (bicyclic) bond motifs is 2. The lowest BCUT2D eigenvalue weighted by Crippen LogP contribution is -1.99. The highest BCUT2D eigenvalue weighted by Crippen LogP contribution is 2.36. The number of nitrogens with zero attached hydrogens (tertiary/aromatic N) is 3. The van der Waals surface area contributed by atoms with Gasteiger partial charge in [-0.05, 0) is 69.4 Å². The summed E-state index contributed by atoms with van der Waals surface area (Å²) in [5.41, 5.74) is 4.84. The molecule has 180 valence electrons. The van der Waals surface area contributed by atoms with Crippen LogP contribution in [0.5, 0.6) is 11.5 Å². The fourth-order valence-corrected chi connectivity index (χ4v) is 5.25. The first-order valence-electron chi connectivity index (χ1n) is 11.6. The maximum Gasteiger partial charge on any atom is 0.213 e. The van der Waals surface area contributed by atoms with Crippen LogP contribution in [0.2, 0.25) is 0 Å². The zero-order valence-corrected chi connectivity index (χ0v) is 21.9. The van der Waals surface area contributed by atoms with Crippen molar-refractivity contribution in [3.63, 3.8) is 0 Å². The van der Waals surface area contributed by atoms with Crippen molar-refractivity contribution in [1.82, 2.24) is 14.6 Å². The van der Waals surface area contributed by atoms with Crippen LogP contribution >= 0.6 is 27.3 Å². The van der Waals surface area contributed by atoms with Gasteiger partial charge in [0.2, 0.25) is 4.96 Å². The minimum Gasteiger partial charge on any atom is -0.489 e. The maximum absolute atomic E-state index is 6.32. The number of imidazole rings is 1. The molecule has 6 aromatic rings. The minimum absolute atomic E-state index is 0.420. The fraction of sp³-hybridized carbons (Fsp3) is 0.143. The zero-order valence-electron chi connectivity index (χ0n) is 19.5. The van der Waals surface area contributed by atoms with Crippen LogP contribution < -0.4 is 9.47 Å². The number of furan rings is 1. The molecule has 0 aliphatic heterocycles. The number of hydrogen-bond acceptors (Lipinski definition) is 6.